The number of carbonyl (C=O) groups excluding carboxylic acids is 2. The Kier molecular flexibility index (Phi) is 7.50. The summed E-state index contributed by atoms with van der Waals surface area (Å²) < 4.78 is 0. The predicted molar refractivity (Wildman–Crippen MR) is 107 cm³/mol. The Morgan fingerprint density at radius 3 is 2.43 bits per heavy atom. The van der Waals surface area contributed by atoms with Gasteiger partial charge in [0.1, 0.15) is 5.69 Å². The second-order valence-electron chi connectivity index (χ2n) is 6.10. The van der Waals surface area contributed by atoms with E-state index in [-0.39, 0.29) is 23.7 Å². The largest absolute Gasteiger partial charge is 0.375 e. The third-order valence-corrected chi connectivity index (χ3v) is 4.14. The van der Waals surface area contributed by atoms with E-state index < -0.39 is 10.8 Å². The van der Waals surface area contributed by atoms with E-state index in [1.54, 1.807) is 13.8 Å². The van der Waals surface area contributed by atoms with Gasteiger partial charge in [-0.15, -0.1) is 0 Å². The molecule has 2 aromatic carbocycles. The van der Waals surface area contributed by atoms with Crippen LogP contribution in [0.5, 0.6) is 0 Å². The van der Waals surface area contributed by atoms with Crippen LogP contribution in [-0.4, -0.2) is 41.3 Å². The lowest BCUT2D eigenvalue weighted by molar-refractivity contribution is -0.384. The molecule has 0 aliphatic carbocycles. The number of benzene rings is 2. The number of nitrogens with zero attached hydrogens (tertiary/aromatic N) is 2. The van der Waals surface area contributed by atoms with Gasteiger partial charge in [-0.2, -0.15) is 0 Å². The van der Waals surface area contributed by atoms with Crippen LogP contribution in [0, 0.1) is 10.1 Å². The van der Waals surface area contributed by atoms with E-state index in [1.165, 1.54) is 23.1 Å². The lowest BCUT2D eigenvalue weighted by Gasteiger charge is -2.20. The molecule has 28 heavy (non-hydrogen) atoms. The number of anilines is 1. The SMILES string of the molecule is CCNC(=O)CN(CC)C(=O)c1ccc(NCc2ccccc2)c([N+](=O)[O-])c1. The van der Waals surface area contributed by atoms with E-state index in [0.29, 0.717) is 25.3 Å². The van der Waals surface area contributed by atoms with Crippen molar-refractivity contribution in [2.24, 2.45) is 0 Å². The summed E-state index contributed by atoms with van der Waals surface area (Å²) in [6.45, 7) is 4.66. The van der Waals surface area contributed by atoms with Gasteiger partial charge in [0.15, 0.2) is 0 Å². The Balaban J connectivity index is 2.19. The zero-order chi connectivity index (χ0) is 20.5. The number of nitrogens with one attached hydrogen (secondary N) is 2. The Morgan fingerprint density at radius 1 is 1.11 bits per heavy atom. The quantitative estimate of drug-likeness (QED) is 0.511. The molecule has 148 valence electrons. The van der Waals surface area contributed by atoms with Gasteiger partial charge < -0.3 is 15.5 Å². The van der Waals surface area contributed by atoms with Gasteiger partial charge >= 0.3 is 0 Å². The number of nitro benzene ring substituents is 1. The third-order valence-electron chi connectivity index (χ3n) is 4.14. The molecule has 0 atom stereocenters. The molecule has 0 bridgehead atoms. The van der Waals surface area contributed by atoms with Crippen molar-refractivity contribution in [2.75, 3.05) is 25.0 Å². The van der Waals surface area contributed by atoms with Crippen LogP contribution in [0.4, 0.5) is 11.4 Å². The van der Waals surface area contributed by atoms with Crippen molar-refractivity contribution >= 4 is 23.2 Å². The summed E-state index contributed by atoms with van der Waals surface area (Å²) >= 11 is 0. The molecular weight excluding hydrogens is 360 g/mol. The van der Waals surface area contributed by atoms with Gasteiger partial charge in [0.25, 0.3) is 11.6 Å². The first-order valence-electron chi connectivity index (χ1n) is 9.08. The average molecular weight is 384 g/mol. The van der Waals surface area contributed by atoms with Crippen molar-refractivity contribution in [2.45, 2.75) is 20.4 Å². The number of likely N-dealkylation sites (N-methyl/N-ethyl adjacent to an activating group) is 2. The maximum absolute atomic E-state index is 12.7. The highest BCUT2D eigenvalue weighted by Gasteiger charge is 2.22. The fraction of sp³-hybridized carbons (Fsp3) is 0.300. The van der Waals surface area contributed by atoms with Gasteiger partial charge in [-0.1, -0.05) is 30.3 Å². The van der Waals surface area contributed by atoms with E-state index in [4.69, 9.17) is 0 Å². The third kappa shape index (κ3) is 5.54. The number of hydrogen-bond acceptors (Lipinski definition) is 5. The molecule has 0 fully saturated rings. The molecule has 0 aromatic heterocycles. The Morgan fingerprint density at radius 2 is 1.82 bits per heavy atom. The zero-order valence-corrected chi connectivity index (χ0v) is 16.0. The van der Waals surface area contributed by atoms with Gasteiger partial charge in [0.05, 0.1) is 11.5 Å². The first-order chi connectivity index (χ1) is 13.5. The number of amides is 2. The van der Waals surface area contributed by atoms with Gasteiger partial charge in [-0.25, -0.2) is 0 Å². The minimum atomic E-state index is -0.524. The first-order valence-corrected chi connectivity index (χ1v) is 9.08. The number of hydrogen-bond donors (Lipinski definition) is 2. The fourth-order valence-electron chi connectivity index (χ4n) is 2.69. The lowest BCUT2D eigenvalue weighted by atomic mass is 10.1. The number of rotatable bonds is 9. The van der Waals surface area contributed by atoms with Crippen molar-refractivity contribution in [3.63, 3.8) is 0 Å². The van der Waals surface area contributed by atoms with Crippen LogP contribution < -0.4 is 10.6 Å². The molecule has 2 N–H and O–H groups in total. The maximum atomic E-state index is 12.7. The van der Waals surface area contributed by atoms with E-state index in [1.807, 2.05) is 30.3 Å². The second-order valence-corrected chi connectivity index (χ2v) is 6.10. The fourth-order valence-corrected chi connectivity index (χ4v) is 2.69. The molecule has 2 rings (SSSR count). The summed E-state index contributed by atoms with van der Waals surface area (Å²) in [6.07, 6.45) is 0. The van der Waals surface area contributed by atoms with Crippen LogP contribution in [0.3, 0.4) is 0 Å². The van der Waals surface area contributed by atoms with Crippen LogP contribution in [-0.2, 0) is 11.3 Å². The molecule has 0 unspecified atom stereocenters. The molecule has 0 aliphatic rings. The molecule has 2 aromatic rings. The Hall–Kier alpha value is -3.42. The second kappa shape index (κ2) is 10.1. The highest BCUT2D eigenvalue weighted by Crippen LogP contribution is 2.26. The summed E-state index contributed by atoms with van der Waals surface area (Å²) in [4.78, 5) is 36.8. The van der Waals surface area contributed by atoms with Crippen molar-refractivity contribution in [1.82, 2.24) is 10.2 Å². The molecule has 8 nitrogen and oxygen atoms in total. The maximum Gasteiger partial charge on any atom is 0.293 e. The summed E-state index contributed by atoms with van der Waals surface area (Å²) in [5.41, 5.74) is 1.30. The summed E-state index contributed by atoms with van der Waals surface area (Å²) in [6, 6.07) is 13.8. The summed E-state index contributed by atoms with van der Waals surface area (Å²) in [5.74, 6) is -0.695. The first kappa shape index (κ1) is 20.9. The molecule has 8 heteroatoms. The van der Waals surface area contributed by atoms with Gasteiger partial charge in [0, 0.05) is 31.3 Å². The monoisotopic (exact) mass is 384 g/mol. The van der Waals surface area contributed by atoms with Crippen LogP contribution in [0.25, 0.3) is 0 Å². The average Bonchev–Trinajstić information content (AvgIpc) is 2.70. The highest BCUT2D eigenvalue weighted by atomic mass is 16.6. The van der Waals surface area contributed by atoms with Crippen molar-refractivity contribution in [1.29, 1.82) is 0 Å². The molecule has 0 aliphatic heterocycles. The lowest BCUT2D eigenvalue weighted by Crippen LogP contribution is -2.40. The Bertz CT molecular complexity index is 839. The topological polar surface area (TPSA) is 105 Å². The minimum Gasteiger partial charge on any atom is -0.375 e. The minimum absolute atomic E-state index is 0.0923. The molecule has 0 heterocycles. The summed E-state index contributed by atoms with van der Waals surface area (Å²) in [7, 11) is 0. The standard InChI is InChI=1S/C20H24N4O4/c1-3-21-19(25)14-23(4-2)20(26)16-10-11-17(18(12-16)24(27)28)22-13-15-8-6-5-7-9-15/h5-12,22H,3-4,13-14H2,1-2H3,(H,21,25). The summed E-state index contributed by atoms with van der Waals surface area (Å²) in [5, 5.41) is 17.2. The van der Waals surface area contributed by atoms with Gasteiger partial charge in [0.2, 0.25) is 5.91 Å². The van der Waals surface area contributed by atoms with E-state index in [9.17, 15) is 19.7 Å². The van der Waals surface area contributed by atoms with Crippen molar-refractivity contribution < 1.29 is 14.5 Å². The molecule has 0 saturated heterocycles. The number of nitro groups is 1. The van der Waals surface area contributed by atoms with Crippen molar-refractivity contribution in [3.8, 4) is 0 Å². The molecular formula is C20H24N4O4. The highest BCUT2D eigenvalue weighted by molar-refractivity contribution is 5.97. The van der Waals surface area contributed by atoms with E-state index in [0.717, 1.165) is 5.56 Å². The molecule has 0 saturated carbocycles. The Labute approximate surface area is 163 Å². The van der Waals surface area contributed by atoms with Gasteiger partial charge in [-0.3, -0.25) is 19.7 Å². The smallest absolute Gasteiger partial charge is 0.293 e. The normalized spacial score (nSPS) is 10.2. The molecule has 0 radical (unpaired) electrons. The zero-order valence-electron chi connectivity index (χ0n) is 16.0. The van der Waals surface area contributed by atoms with Crippen molar-refractivity contribution in [3.05, 3.63) is 69.8 Å². The van der Waals surface area contributed by atoms with Crippen LogP contribution >= 0.6 is 0 Å². The molecule has 2 amide bonds. The van der Waals surface area contributed by atoms with Gasteiger partial charge in [-0.05, 0) is 31.5 Å². The molecule has 0 spiro atoms. The van der Waals surface area contributed by atoms with E-state index in [2.05, 4.69) is 10.6 Å². The van der Waals surface area contributed by atoms with Crippen LogP contribution in [0.2, 0.25) is 0 Å². The van der Waals surface area contributed by atoms with Crippen LogP contribution in [0.1, 0.15) is 29.8 Å². The van der Waals surface area contributed by atoms with E-state index >= 15 is 0 Å². The predicted octanol–water partition coefficient (Wildman–Crippen LogP) is 2.81. The number of carbonyl (C=O) groups is 2. The van der Waals surface area contributed by atoms with Crippen LogP contribution in [0.15, 0.2) is 48.5 Å².